The van der Waals surface area contributed by atoms with E-state index < -0.39 is 0 Å². The molecule has 0 atom stereocenters. The van der Waals surface area contributed by atoms with E-state index in [9.17, 15) is 9.18 Å². The zero-order chi connectivity index (χ0) is 9.68. The highest BCUT2D eigenvalue weighted by Crippen LogP contribution is 2.19. The van der Waals surface area contributed by atoms with Gasteiger partial charge in [-0.15, -0.1) is 11.8 Å². The monoisotopic (exact) mass is 198 g/mol. The molecule has 0 amide bonds. The van der Waals surface area contributed by atoms with Gasteiger partial charge < -0.3 is 4.79 Å². The van der Waals surface area contributed by atoms with E-state index in [4.69, 9.17) is 0 Å². The SMILES string of the molecule is CSc1ccc(F)c(CCC=O)c1. The first-order valence-corrected chi connectivity index (χ1v) is 5.26. The van der Waals surface area contributed by atoms with Crippen LogP contribution in [0.4, 0.5) is 4.39 Å². The quantitative estimate of drug-likeness (QED) is 0.546. The molecule has 0 aromatic heterocycles. The molecule has 3 heteroatoms. The molecule has 0 aliphatic heterocycles. The first kappa shape index (κ1) is 10.3. The maximum Gasteiger partial charge on any atom is 0.126 e. The summed E-state index contributed by atoms with van der Waals surface area (Å²) in [6.45, 7) is 0. The van der Waals surface area contributed by atoms with E-state index in [0.717, 1.165) is 11.2 Å². The average molecular weight is 198 g/mol. The summed E-state index contributed by atoms with van der Waals surface area (Å²) in [6.07, 6.45) is 3.63. The van der Waals surface area contributed by atoms with Crippen LogP contribution in [0, 0.1) is 5.82 Å². The number of carbonyl (C=O) groups is 1. The van der Waals surface area contributed by atoms with Crippen molar-refractivity contribution in [1.29, 1.82) is 0 Å². The van der Waals surface area contributed by atoms with Crippen LogP contribution in [0.3, 0.4) is 0 Å². The summed E-state index contributed by atoms with van der Waals surface area (Å²) in [6, 6.07) is 4.99. The zero-order valence-corrected chi connectivity index (χ0v) is 8.23. The molecule has 0 N–H and O–H groups in total. The number of thioether (sulfide) groups is 1. The minimum atomic E-state index is -0.223. The Hall–Kier alpha value is -0.830. The largest absolute Gasteiger partial charge is 0.303 e. The molecule has 1 nitrogen and oxygen atoms in total. The molecular formula is C10H11FOS. The van der Waals surface area contributed by atoms with E-state index in [1.165, 1.54) is 6.07 Å². The maximum absolute atomic E-state index is 13.1. The summed E-state index contributed by atoms with van der Waals surface area (Å²) >= 11 is 1.57. The third-order valence-electron chi connectivity index (χ3n) is 1.78. The lowest BCUT2D eigenvalue weighted by Gasteiger charge is -2.02. The van der Waals surface area contributed by atoms with Crippen molar-refractivity contribution in [3.05, 3.63) is 29.6 Å². The summed E-state index contributed by atoms with van der Waals surface area (Å²) in [4.78, 5) is 11.1. The minimum Gasteiger partial charge on any atom is -0.303 e. The average Bonchev–Trinajstić information content (AvgIpc) is 2.17. The highest BCUT2D eigenvalue weighted by Gasteiger charge is 2.02. The first-order chi connectivity index (χ1) is 6.27. The smallest absolute Gasteiger partial charge is 0.126 e. The van der Waals surface area contributed by atoms with Crippen molar-refractivity contribution >= 4 is 18.0 Å². The van der Waals surface area contributed by atoms with Gasteiger partial charge in [-0.3, -0.25) is 0 Å². The van der Waals surface area contributed by atoms with Gasteiger partial charge >= 0.3 is 0 Å². The molecule has 0 bridgehead atoms. The fourth-order valence-electron chi connectivity index (χ4n) is 1.08. The summed E-state index contributed by atoms with van der Waals surface area (Å²) in [7, 11) is 0. The molecule has 1 rings (SSSR count). The molecule has 0 aliphatic carbocycles. The van der Waals surface area contributed by atoms with Crippen molar-refractivity contribution in [3.8, 4) is 0 Å². The number of hydrogen-bond donors (Lipinski definition) is 0. The van der Waals surface area contributed by atoms with Crippen molar-refractivity contribution in [2.75, 3.05) is 6.26 Å². The van der Waals surface area contributed by atoms with E-state index in [1.807, 2.05) is 6.26 Å². The number of halogens is 1. The van der Waals surface area contributed by atoms with Gasteiger partial charge in [-0.2, -0.15) is 0 Å². The standard InChI is InChI=1S/C10H11FOS/c1-13-9-4-5-10(11)8(7-9)3-2-6-12/h4-7H,2-3H2,1H3. The normalized spacial score (nSPS) is 10.0. The fourth-order valence-corrected chi connectivity index (χ4v) is 1.55. The van der Waals surface area contributed by atoms with Crippen molar-refractivity contribution in [2.45, 2.75) is 17.7 Å². The second-order valence-electron chi connectivity index (χ2n) is 2.66. The summed E-state index contributed by atoms with van der Waals surface area (Å²) in [5.74, 6) is -0.223. The van der Waals surface area contributed by atoms with Crippen LogP contribution in [0.15, 0.2) is 23.1 Å². The molecule has 0 heterocycles. The predicted molar refractivity (Wildman–Crippen MR) is 52.6 cm³/mol. The number of hydrogen-bond acceptors (Lipinski definition) is 2. The molecule has 70 valence electrons. The zero-order valence-electron chi connectivity index (χ0n) is 7.42. The lowest BCUT2D eigenvalue weighted by Crippen LogP contribution is -1.91. The Balaban J connectivity index is 2.83. The highest BCUT2D eigenvalue weighted by molar-refractivity contribution is 7.98. The van der Waals surface area contributed by atoms with Crippen LogP contribution in [-0.2, 0) is 11.2 Å². The van der Waals surface area contributed by atoms with Gasteiger partial charge in [-0.1, -0.05) is 0 Å². The van der Waals surface area contributed by atoms with Crippen LogP contribution in [0.2, 0.25) is 0 Å². The van der Waals surface area contributed by atoms with Gasteiger partial charge in [0.1, 0.15) is 12.1 Å². The fraction of sp³-hybridized carbons (Fsp3) is 0.300. The number of aryl methyl sites for hydroxylation is 1. The van der Waals surface area contributed by atoms with E-state index in [1.54, 1.807) is 23.9 Å². The van der Waals surface area contributed by atoms with Crippen molar-refractivity contribution in [1.82, 2.24) is 0 Å². The van der Waals surface area contributed by atoms with E-state index in [-0.39, 0.29) is 5.82 Å². The minimum absolute atomic E-state index is 0.223. The first-order valence-electron chi connectivity index (χ1n) is 4.04. The molecule has 0 fully saturated rings. The summed E-state index contributed by atoms with van der Waals surface area (Å²) in [5, 5.41) is 0. The topological polar surface area (TPSA) is 17.1 Å². The van der Waals surface area contributed by atoms with Gasteiger partial charge in [0, 0.05) is 11.3 Å². The second-order valence-corrected chi connectivity index (χ2v) is 3.54. The highest BCUT2D eigenvalue weighted by atomic mass is 32.2. The van der Waals surface area contributed by atoms with Crippen LogP contribution < -0.4 is 0 Å². The van der Waals surface area contributed by atoms with E-state index in [2.05, 4.69) is 0 Å². The van der Waals surface area contributed by atoms with Crippen LogP contribution in [0.25, 0.3) is 0 Å². The van der Waals surface area contributed by atoms with Crippen molar-refractivity contribution < 1.29 is 9.18 Å². The Labute approximate surface area is 81.3 Å². The van der Waals surface area contributed by atoms with Gasteiger partial charge in [-0.05, 0) is 36.4 Å². The number of carbonyl (C=O) groups excluding carboxylic acids is 1. The van der Waals surface area contributed by atoms with Gasteiger partial charge in [0.25, 0.3) is 0 Å². The molecule has 1 aromatic rings. The molecule has 13 heavy (non-hydrogen) atoms. The molecule has 1 aromatic carbocycles. The third kappa shape index (κ3) is 2.84. The van der Waals surface area contributed by atoms with Gasteiger partial charge in [0.2, 0.25) is 0 Å². The molecule has 0 radical (unpaired) electrons. The van der Waals surface area contributed by atoms with Gasteiger partial charge in [-0.25, -0.2) is 4.39 Å². The molecule has 0 aliphatic rings. The Kier molecular flexibility index (Phi) is 3.96. The van der Waals surface area contributed by atoms with Crippen molar-refractivity contribution in [3.63, 3.8) is 0 Å². The van der Waals surface area contributed by atoms with Crippen LogP contribution in [0.5, 0.6) is 0 Å². The summed E-state index contributed by atoms with van der Waals surface area (Å²) in [5.41, 5.74) is 0.624. The molecular weight excluding hydrogens is 187 g/mol. The van der Waals surface area contributed by atoms with Crippen LogP contribution >= 0.6 is 11.8 Å². The third-order valence-corrected chi connectivity index (χ3v) is 2.51. The van der Waals surface area contributed by atoms with Gasteiger partial charge in [0.05, 0.1) is 0 Å². The Morgan fingerprint density at radius 2 is 2.31 bits per heavy atom. The van der Waals surface area contributed by atoms with Crippen LogP contribution in [0.1, 0.15) is 12.0 Å². The van der Waals surface area contributed by atoms with Gasteiger partial charge in [0.15, 0.2) is 0 Å². The van der Waals surface area contributed by atoms with Crippen molar-refractivity contribution in [2.24, 2.45) is 0 Å². The number of benzene rings is 1. The molecule has 0 saturated heterocycles. The molecule has 0 saturated carbocycles. The Morgan fingerprint density at radius 3 is 2.92 bits per heavy atom. The number of aldehydes is 1. The van der Waals surface area contributed by atoms with Crippen LogP contribution in [-0.4, -0.2) is 12.5 Å². The molecule has 0 spiro atoms. The van der Waals surface area contributed by atoms with E-state index in [0.29, 0.717) is 18.4 Å². The second kappa shape index (κ2) is 5.02. The van der Waals surface area contributed by atoms with E-state index >= 15 is 0 Å². The molecule has 0 unspecified atom stereocenters. The Bertz CT molecular complexity index is 299. The number of rotatable bonds is 4. The Morgan fingerprint density at radius 1 is 1.54 bits per heavy atom. The lowest BCUT2D eigenvalue weighted by atomic mass is 10.1. The lowest BCUT2D eigenvalue weighted by molar-refractivity contribution is -0.107. The maximum atomic E-state index is 13.1. The summed E-state index contributed by atoms with van der Waals surface area (Å²) < 4.78 is 13.1. The predicted octanol–water partition coefficient (Wildman–Crippen LogP) is 2.68.